The van der Waals surface area contributed by atoms with Crippen molar-refractivity contribution in [3.8, 4) is 11.5 Å². The van der Waals surface area contributed by atoms with Gasteiger partial charge in [0.25, 0.3) is 11.8 Å². The zero-order chi connectivity index (χ0) is 33.5. The summed E-state index contributed by atoms with van der Waals surface area (Å²) in [6.45, 7) is 1.80. The molecule has 0 saturated carbocycles. The molecule has 10 heteroatoms. The van der Waals surface area contributed by atoms with Gasteiger partial charge in [0.2, 0.25) is 11.8 Å². The number of carbonyl (C=O) groups excluding carboxylic acids is 3. The molecule has 1 unspecified atom stereocenters. The van der Waals surface area contributed by atoms with E-state index in [0.29, 0.717) is 28.4 Å². The first-order valence-corrected chi connectivity index (χ1v) is 15.9. The third kappa shape index (κ3) is 7.86. The topological polar surface area (TPSA) is 113 Å². The van der Waals surface area contributed by atoms with Gasteiger partial charge in [-0.15, -0.1) is 11.8 Å². The van der Waals surface area contributed by atoms with Crippen LogP contribution in [0.1, 0.15) is 22.8 Å². The standard InChI is InChI=1S/C38H29FN4O4S/c1-24(35(44)40-28-17-15-26(16-18-28)38-43-32-13-7-8-14-34(32)47-38)48-30-21-19-29(20-22-30)41-37(46)33(23-27-11-5-6-12-31(27)39)42-36(45)25-9-3-2-4-10-25/h2-24H,1H3,(H,40,44)(H,41,46)(H,42,45)/b33-23-. The molecule has 3 N–H and O–H groups in total. The molecule has 0 aliphatic carbocycles. The van der Waals surface area contributed by atoms with Crippen LogP contribution in [-0.2, 0) is 9.59 Å². The quantitative estimate of drug-likeness (QED) is 0.101. The first-order chi connectivity index (χ1) is 23.3. The normalized spacial score (nSPS) is 11.9. The highest BCUT2D eigenvalue weighted by Crippen LogP contribution is 2.28. The Hall–Kier alpha value is -6.00. The number of para-hydroxylation sites is 2. The molecule has 8 nitrogen and oxygen atoms in total. The van der Waals surface area contributed by atoms with E-state index in [-0.39, 0.29) is 17.2 Å². The summed E-state index contributed by atoms with van der Waals surface area (Å²) >= 11 is 1.36. The summed E-state index contributed by atoms with van der Waals surface area (Å²) in [4.78, 5) is 44.4. The number of aromatic nitrogens is 1. The zero-order valence-electron chi connectivity index (χ0n) is 25.6. The molecule has 0 spiro atoms. The molecule has 0 fully saturated rings. The van der Waals surface area contributed by atoms with Gasteiger partial charge in [-0.1, -0.05) is 48.5 Å². The van der Waals surface area contributed by atoms with Gasteiger partial charge in [0.15, 0.2) is 5.58 Å². The molecule has 238 valence electrons. The van der Waals surface area contributed by atoms with Crippen LogP contribution in [0.4, 0.5) is 15.8 Å². The van der Waals surface area contributed by atoms with Crippen molar-refractivity contribution in [1.82, 2.24) is 10.3 Å². The lowest BCUT2D eigenvalue weighted by Crippen LogP contribution is -2.30. The Morgan fingerprint density at radius 2 is 1.42 bits per heavy atom. The summed E-state index contributed by atoms with van der Waals surface area (Å²) in [5.74, 6) is -1.34. The van der Waals surface area contributed by atoms with E-state index in [4.69, 9.17) is 4.42 Å². The second-order valence-electron chi connectivity index (χ2n) is 10.7. The summed E-state index contributed by atoms with van der Waals surface area (Å²) in [5.41, 5.74) is 3.75. The number of benzene rings is 5. The number of fused-ring (bicyclic) bond motifs is 1. The number of hydrogen-bond donors (Lipinski definition) is 3. The smallest absolute Gasteiger partial charge is 0.272 e. The Balaban J connectivity index is 1.07. The number of rotatable bonds is 10. The SMILES string of the molecule is CC(Sc1ccc(NC(=O)/C(=C/c2ccccc2F)NC(=O)c2ccccc2)cc1)C(=O)Nc1ccc(-c2nc3ccccc3o2)cc1. The summed E-state index contributed by atoms with van der Waals surface area (Å²) in [5, 5.41) is 7.86. The van der Waals surface area contributed by atoms with E-state index < -0.39 is 22.9 Å². The van der Waals surface area contributed by atoms with Crippen LogP contribution in [0.5, 0.6) is 0 Å². The van der Waals surface area contributed by atoms with E-state index in [0.717, 1.165) is 16.0 Å². The average Bonchev–Trinajstić information content (AvgIpc) is 3.55. The zero-order valence-corrected chi connectivity index (χ0v) is 26.5. The van der Waals surface area contributed by atoms with Crippen LogP contribution in [0.2, 0.25) is 0 Å². The molecule has 6 aromatic rings. The van der Waals surface area contributed by atoms with Crippen LogP contribution >= 0.6 is 11.8 Å². The molecule has 0 aliphatic heterocycles. The predicted octanol–water partition coefficient (Wildman–Crippen LogP) is 8.16. The molecule has 48 heavy (non-hydrogen) atoms. The lowest BCUT2D eigenvalue weighted by atomic mass is 10.1. The molecule has 0 aliphatic rings. The van der Waals surface area contributed by atoms with Gasteiger partial charge < -0.3 is 20.4 Å². The van der Waals surface area contributed by atoms with Crippen LogP contribution in [0.15, 0.2) is 142 Å². The van der Waals surface area contributed by atoms with Crippen molar-refractivity contribution in [2.24, 2.45) is 0 Å². The molecule has 0 radical (unpaired) electrons. The van der Waals surface area contributed by atoms with Gasteiger partial charge in [-0.25, -0.2) is 9.37 Å². The van der Waals surface area contributed by atoms with Gasteiger partial charge in [-0.2, -0.15) is 0 Å². The predicted molar refractivity (Wildman–Crippen MR) is 187 cm³/mol. The van der Waals surface area contributed by atoms with Gasteiger partial charge >= 0.3 is 0 Å². The molecular formula is C38H29FN4O4S. The second-order valence-corrected chi connectivity index (χ2v) is 12.1. The minimum absolute atomic E-state index is 0.125. The first kappa shape index (κ1) is 32.0. The third-order valence-corrected chi connectivity index (χ3v) is 8.33. The van der Waals surface area contributed by atoms with Crippen molar-refractivity contribution >= 4 is 58.0 Å². The maximum atomic E-state index is 14.4. The van der Waals surface area contributed by atoms with E-state index in [1.165, 1.54) is 30.0 Å². The monoisotopic (exact) mass is 656 g/mol. The Kier molecular flexibility index (Phi) is 9.73. The molecule has 0 bridgehead atoms. The number of carbonyl (C=O) groups is 3. The van der Waals surface area contributed by atoms with Crippen LogP contribution in [-0.4, -0.2) is 28.0 Å². The van der Waals surface area contributed by atoms with Gasteiger partial charge in [0, 0.05) is 33.0 Å². The lowest BCUT2D eigenvalue weighted by molar-refractivity contribution is -0.115. The number of nitrogens with one attached hydrogen (secondary N) is 3. The Bertz CT molecular complexity index is 2080. The molecule has 5 aromatic carbocycles. The van der Waals surface area contributed by atoms with E-state index in [9.17, 15) is 18.8 Å². The summed E-state index contributed by atoms with van der Waals surface area (Å²) < 4.78 is 20.2. The number of anilines is 2. The van der Waals surface area contributed by atoms with Crippen LogP contribution in [0.3, 0.4) is 0 Å². The Morgan fingerprint density at radius 3 is 2.15 bits per heavy atom. The highest BCUT2D eigenvalue weighted by molar-refractivity contribution is 8.00. The fraction of sp³-hybridized carbons (Fsp3) is 0.0526. The largest absolute Gasteiger partial charge is 0.436 e. The highest BCUT2D eigenvalue weighted by Gasteiger charge is 2.18. The summed E-state index contributed by atoms with van der Waals surface area (Å²) in [6.07, 6.45) is 1.29. The third-order valence-electron chi connectivity index (χ3n) is 7.22. The molecule has 1 atom stereocenters. The summed E-state index contributed by atoms with van der Waals surface area (Å²) in [7, 11) is 0. The lowest BCUT2D eigenvalue weighted by Gasteiger charge is -2.14. The maximum Gasteiger partial charge on any atom is 0.272 e. The molecule has 6 rings (SSSR count). The fourth-order valence-electron chi connectivity index (χ4n) is 4.70. The molecular weight excluding hydrogens is 628 g/mol. The highest BCUT2D eigenvalue weighted by atomic mass is 32.2. The molecule has 1 aromatic heterocycles. The minimum Gasteiger partial charge on any atom is -0.436 e. The Labute approximate surface area is 280 Å². The Morgan fingerprint density at radius 1 is 0.771 bits per heavy atom. The molecule has 3 amide bonds. The second kappa shape index (κ2) is 14.6. The maximum absolute atomic E-state index is 14.4. The van der Waals surface area contributed by atoms with E-state index in [1.54, 1.807) is 85.8 Å². The van der Waals surface area contributed by atoms with Crippen molar-refractivity contribution in [2.75, 3.05) is 10.6 Å². The van der Waals surface area contributed by atoms with Crippen LogP contribution < -0.4 is 16.0 Å². The van der Waals surface area contributed by atoms with Gasteiger partial charge in [-0.3, -0.25) is 14.4 Å². The van der Waals surface area contributed by atoms with Gasteiger partial charge in [-0.05, 0) is 91.9 Å². The summed E-state index contributed by atoms with van der Waals surface area (Å²) in [6, 6.07) is 36.1. The van der Waals surface area contributed by atoms with E-state index in [2.05, 4.69) is 20.9 Å². The van der Waals surface area contributed by atoms with Crippen molar-refractivity contribution in [1.29, 1.82) is 0 Å². The van der Waals surface area contributed by atoms with E-state index in [1.807, 2.05) is 36.4 Å². The number of halogens is 1. The number of thioether (sulfide) groups is 1. The van der Waals surface area contributed by atoms with Gasteiger partial charge in [0.1, 0.15) is 17.0 Å². The fourth-order valence-corrected chi connectivity index (χ4v) is 5.57. The number of oxazole rings is 1. The molecule has 1 heterocycles. The number of hydrogen-bond acceptors (Lipinski definition) is 6. The first-order valence-electron chi connectivity index (χ1n) is 15.0. The van der Waals surface area contributed by atoms with Crippen LogP contribution in [0, 0.1) is 5.82 Å². The number of nitrogens with zero attached hydrogens (tertiary/aromatic N) is 1. The van der Waals surface area contributed by atoms with Crippen molar-refractivity contribution < 1.29 is 23.2 Å². The van der Waals surface area contributed by atoms with Crippen molar-refractivity contribution in [3.05, 3.63) is 150 Å². The minimum atomic E-state index is -0.627. The van der Waals surface area contributed by atoms with Crippen molar-refractivity contribution in [2.45, 2.75) is 17.1 Å². The van der Waals surface area contributed by atoms with Crippen LogP contribution in [0.25, 0.3) is 28.6 Å². The van der Waals surface area contributed by atoms with E-state index >= 15 is 0 Å². The number of amides is 3. The van der Waals surface area contributed by atoms with Gasteiger partial charge in [0.05, 0.1) is 5.25 Å². The van der Waals surface area contributed by atoms with Crippen molar-refractivity contribution in [3.63, 3.8) is 0 Å². The average molecular weight is 657 g/mol. The molecule has 0 saturated heterocycles.